The highest BCUT2D eigenvalue weighted by Gasteiger charge is 2.29. The number of nitrogens with two attached hydrogens (primary N) is 1. The van der Waals surface area contributed by atoms with Crippen molar-refractivity contribution in [2.24, 2.45) is 0 Å². The first kappa shape index (κ1) is 7.40. The molecule has 2 heterocycles. The minimum absolute atomic E-state index is 0.106. The van der Waals surface area contributed by atoms with Crippen molar-refractivity contribution in [2.45, 2.75) is 0 Å². The topological polar surface area (TPSA) is 132 Å². The number of hydrogen-bond acceptors (Lipinski definition) is 6. The first-order valence-corrected chi connectivity index (χ1v) is 3.17. The molecule has 0 saturated heterocycles. The Bertz CT molecular complexity index is 484. The number of aromatic hydroxyl groups is 2. The monoisotopic (exact) mass is 187 g/mol. The van der Waals surface area contributed by atoms with Crippen molar-refractivity contribution in [3.63, 3.8) is 0 Å². The van der Waals surface area contributed by atoms with Gasteiger partial charge in [0.25, 0.3) is 5.58 Å². The van der Waals surface area contributed by atoms with Crippen LogP contribution in [0.5, 0.6) is 12.0 Å². The van der Waals surface area contributed by atoms with E-state index in [1.807, 2.05) is 0 Å². The van der Waals surface area contributed by atoms with Gasteiger partial charge in [-0.3, -0.25) is 0 Å². The van der Waals surface area contributed by atoms with Crippen LogP contribution in [-0.4, -0.2) is 20.2 Å². The Morgan fingerprint density at radius 3 is 2.62 bits per heavy atom. The lowest BCUT2D eigenvalue weighted by molar-refractivity contribution is -0.596. The first-order chi connectivity index (χ1) is 6.04. The molecule has 0 aliphatic carbocycles. The highest BCUT2D eigenvalue weighted by Crippen LogP contribution is 2.32. The molecule has 0 unspecified atom stereocenters. The SMILES string of the molecule is Nc1c(O)n(O)c2c1oc(O)[n+]2[O-]. The third-order valence-corrected chi connectivity index (χ3v) is 1.65. The molecule has 2 aromatic heterocycles. The third kappa shape index (κ3) is 0.662. The summed E-state index contributed by atoms with van der Waals surface area (Å²) in [5.41, 5.74) is 4.18. The zero-order valence-corrected chi connectivity index (χ0v) is 6.13. The van der Waals surface area contributed by atoms with Crippen LogP contribution in [-0.2, 0) is 0 Å². The van der Waals surface area contributed by atoms with Crippen LogP contribution in [0.1, 0.15) is 0 Å². The molecule has 0 bridgehead atoms. The molecule has 0 amide bonds. The summed E-state index contributed by atoms with van der Waals surface area (Å²) in [5, 5.41) is 37.8. The van der Waals surface area contributed by atoms with Gasteiger partial charge in [-0.1, -0.05) is 0 Å². The lowest BCUT2D eigenvalue weighted by atomic mass is 10.5. The van der Waals surface area contributed by atoms with Crippen LogP contribution in [0.4, 0.5) is 5.69 Å². The van der Waals surface area contributed by atoms with Gasteiger partial charge in [0.15, 0.2) is 5.69 Å². The Morgan fingerprint density at radius 1 is 1.46 bits per heavy atom. The summed E-state index contributed by atoms with van der Waals surface area (Å²) >= 11 is 0. The molecule has 2 rings (SSSR count). The van der Waals surface area contributed by atoms with Crippen molar-refractivity contribution >= 4 is 16.9 Å². The molecule has 0 radical (unpaired) electrons. The lowest BCUT2D eigenvalue weighted by Gasteiger charge is -1.94. The van der Waals surface area contributed by atoms with E-state index in [1.54, 1.807) is 0 Å². The van der Waals surface area contributed by atoms with Crippen LogP contribution in [0.15, 0.2) is 4.42 Å². The molecule has 0 spiro atoms. The smallest absolute Gasteiger partial charge is 0.471 e. The van der Waals surface area contributed by atoms with E-state index < -0.39 is 17.6 Å². The minimum atomic E-state index is -0.959. The van der Waals surface area contributed by atoms with Gasteiger partial charge in [0.1, 0.15) is 0 Å². The number of oxazole rings is 1. The van der Waals surface area contributed by atoms with Crippen LogP contribution < -0.4 is 10.5 Å². The van der Waals surface area contributed by atoms with Gasteiger partial charge < -0.3 is 30.8 Å². The molecule has 5 N–H and O–H groups in total. The summed E-state index contributed by atoms with van der Waals surface area (Å²) in [5.74, 6) is -0.710. The fourth-order valence-corrected chi connectivity index (χ4v) is 1.03. The van der Waals surface area contributed by atoms with Gasteiger partial charge in [-0.2, -0.15) is 4.73 Å². The zero-order valence-electron chi connectivity index (χ0n) is 6.13. The van der Waals surface area contributed by atoms with Gasteiger partial charge in [0.2, 0.25) is 0 Å². The fraction of sp³-hybridized carbons (Fsp3) is 0. The van der Waals surface area contributed by atoms with E-state index in [9.17, 15) is 5.21 Å². The van der Waals surface area contributed by atoms with Crippen LogP contribution in [0.3, 0.4) is 0 Å². The van der Waals surface area contributed by atoms with Gasteiger partial charge in [-0.25, -0.2) is 0 Å². The Balaban J connectivity index is 3.01. The number of aromatic nitrogens is 2. The Hall–Kier alpha value is -2.25. The van der Waals surface area contributed by atoms with Crippen molar-refractivity contribution in [2.75, 3.05) is 5.73 Å². The van der Waals surface area contributed by atoms with Crippen LogP contribution in [0.25, 0.3) is 11.2 Å². The van der Waals surface area contributed by atoms with E-state index in [4.69, 9.17) is 21.2 Å². The molecule has 8 nitrogen and oxygen atoms in total. The van der Waals surface area contributed by atoms with Crippen molar-refractivity contribution in [1.29, 1.82) is 0 Å². The standard InChI is InChI=1S/C5H5N3O5/c6-1-2-3(7(11)4(1)9)8(12)5(10)13-2/h9-11H,6H2. The zero-order chi connectivity index (χ0) is 9.75. The van der Waals surface area contributed by atoms with Gasteiger partial charge >= 0.3 is 17.6 Å². The Morgan fingerprint density at radius 2 is 2.08 bits per heavy atom. The molecule has 0 aliphatic heterocycles. The van der Waals surface area contributed by atoms with Gasteiger partial charge in [0, 0.05) is 0 Å². The van der Waals surface area contributed by atoms with Gasteiger partial charge in [-0.15, -0.1) is 0 Å². The molecule has 2 aromatic rings. The van der Waals surface area contributed by atoms with E-state index in [-0.39, 0.29) is 20.7 Å². The summed E-state index contributed by atoms with van der Waals surface area (Å²) < 4.78 is 4.49. The number of rotatable bonds is 0. The quantitative estimate of drug-likeness (QED) is 0.240. The number of nitrogen functional groups attached to an aromatic ring is 1. The molecule has 13 heavy (non-hydrogen) atoms. The van der Waals surface area contributed by atoms with E-state index >= 15 is 0 Å². The fourth-order valence-electron chi connectivity index (χ4n) is 1.03. The largest absolute Gasteiger partial charge is 0.706 e. The summed E-state index contributed by atoms with van der Waals surface area (Å²) in [7, 11) is 0. The maximum atomic E-state index is 10.9. The minimum Gasteiger partial charge on any atom is -0.706 e. The predicted molar refractivity (Wildman–Crippen MR) is 38.1 cm³/mol. The molecular formula is C5H5N3O5. The van der Waals surface area contributed by atoms with Crippen LogP contribution >= 0.6 is 0 Å². The molecule has 70 valence electrons. The van der Waals surface area contributed by atoms with Gasteiger partial charge in [0.05, 0.1) is 0 Å². The van der Waals surface area contributed by atoms with Crippen LogP contribution in [0.2, 0.25) is 0 Å². The first-order valence-electron chi connectivity index (χ1n) is 3.17. The average molecular weight is 187 g/mol. The number of nitrogens with zero attached hydrogens (tertiary/aromatic N) is 2. The van der Waals surface area contributed by atoms with Gasteiger partial charge in [-0.05, 0) is 4.73 Å². The second-order valence-electron chi connectivity index (χ2n) is 2.38. The Kier molecular flexibility index (Phi) is 1.09. The van der Waals surface area contributed by atoms with Crippen molar-refractivity contribution < 1.29 is 24.6 Å². The van der Waals surface area contributed by atoms with E-state index in [0.29, 0.717) is 0 Å². The number of anilines is 1. The maximum Gasteiger partial charge on any atom is 0.471 e. The summed E-state index contributed by atoms with van der Waals surface area (Å²) in [6, 6.07) is 0. The maximum absolute atomic E-state index is 10.9. The van der Waals surface area contributed by atoms with Crippen molar-refractivity contribution in [3.8, 4) is 12.0 Å². The summed E-state index contributed by atoms with van der Waals surface area (Å²) in [6.45, 7) is 0. The van der Waals surface area contributed by atoms with Crippen molar-refractivity contribution in [3.05, 3.63) is 5.21 Å². The van der Waals surface area contributed by atoms with E-state index in [0.717, 1.165) is 0 Å². The normalized spacial score (nSPS) is 11.1. The number of hydrogen-bond donors (Lipinski definition) is 4. The summed E-state index contributed by atoms with van der Waals surface area (Å²) in [4.78, 5) is 0. The highest BCUT2D eigenvalue weighted by molar-refractivity contribution is 5.86. The lowest BCUT2D eigenvalue weighted by Crippen LogP contribution is -2.25. The average Bonchev–Trinajstić information content (AvgIpc) is 2.48. The molecular weight excluding hydrogens is 182 g/mol. The van der Waals surface area contributed by atoms with E-state index in [2.05, 4.69) is 4.42 Å². The van der Waals surface area contributed by atoms with Crippen molar-refractivity contribution in [1.82, 2.24) is 4.73 Å². The van der Waals surface area contributed by atoms with E-state index in [1.165, 1.54) is 0 Å². The van der Waals surface area contributed by atoms with Crippen LogP contribution in [0, 0.1) is 5.21 Å². The molecule has 0 aromatic carbocycles. The molecule has 0 aliphatic rings. The second-order valence-corrected chi connectivity index (χ2v) is 2.38. The predicted octanol–water partition coefficient (Wildman–Crippen LogP) is -0.902. The summed E-state index contributed by atoms with van der Waals surface area (Å²) in [6.07, 6.45) is -0.959. The molecule has 0 fully saturated rings. The molecule has 0 saturated carbocycles. The second kappa shape index (κ2) is 1.91. The molecule has 8 heteroatoms. The Labute approximate surface area is 70.2 Å². The third-order valence-electron chi connectivity index (χ3n) is 1.65. The highest BCUT2D eigenvalue weighted by atomic mass is 16.6. The number of fused-ring (bicyclic) bond motifs is 1. The molecule has 0 atom stereocenters.